The van der Waals surface area contributed by atoms with Gasteiger partial charge in [0.2, 0.25) is 0 Å². The molecular formula is C26H27FN8O5. The van der Waals surface area contributed by atoms with Gasteiger partial charge in [-0.05, 0) is 43.3 Å². The number of hydrogen-bond donors (Lipinski definition) is 4. The number of amidine groups is 1. The Labute approximate surface area is 227 Å². The van der Waals surface area contributed by atoms with E-state index in [1.165, 1.54) is 38.6 Å². The number of nitrogen functional groups attached to an aromatic ring is 1. The molecule has 0 bridgehead atoms. The van der Waals surface area contributed by atoms with Gasteiger partial charge in [0, 0.05) is 42.2 Å². The van der Waals surface area contributed by atoms with E-state index in [1.54, 1.807) is 37.3 Å². The van der Waals surface area contributed by atoms with E-state index in [4.69, 9.17) is 25.4 Å². The Balaban J connectivity index is 1.79. The number of benzene rings is 2. The SMILES string of the molecule is COc1cc(OC[C@H](C)OC(C)=O)c(F)c([C@H](Nc2ccc(C(=N)N)cc2)c2nn(-c3ncccn3)c(=O)[nH]2)c1. The first-order chi connectivity index (χ1) is 19.2. The first kappa shape index (κ1) is 27.8. The number of nitrogens with zero attached hydrogens (tertiary/aromatic N) is 4. The molecule has 2 aromatic heterocycles. The van der Waals surface area contributed by atoms with Gasteiger partial charge in [-0.25, -0.2) is 19.2 Å². The van der Waals surface area contributed by atoms with Crippen molar-refractivity contribution in [3.05, 3.63) is 88.1 Å². The number of H-pyrrole nitrogens is 1. The third kappa shape index (κ3) is 6.40. The Bertz CT molecular complexity index is 1560. The standard InChI is InChI=1S/C26H27FN8O5/c1-14(40-15(2)36)13-39-20-12-18(38-3)11-19(21(20)27)22(32-17-7-5-16(6-8-17)23(28)29)24-33-26(37)35(34-24)25-30-9-4-10-31-25/h4-12,14,22,32H,13H2,1-3H3,(H3,28,29)(H,33,34,37)/t14-,22-/m0/s1. The van der Waals surface area contributed by atoms with Crippen LogP contribution in [0.15, 0.2) is 59.7 Å². The first-order valence-electron chi connectivity index (χ1n) is 12.0. The fraction of sp³-hybridized carbons (Fsp3) is 0.231. The molecule has 4 aromatic rings. The number of methoxy groups -OCH3 is 1. The van der Waals surface area contributed by atoms with Gasteiger partial charge in [-0.1, -0.05) is 0 Å². The van der Waals surface area contributed by atoms with Crippen molar-refractivity contribution in [3.8, 4) is 17.4 Å². The van der Waals surface area contributed by atoms with Gasteiger partial charge in [-0.3, -0.25) is 15.2 Å². The second-order valence-corrected chi connectivity index (χ2v) is 8.60. The predicted octanol–water partition coefficient (Wildman–Crippen LogP) is 2.31. The molecule has 4 rings (SSSR count). The van der Waals surface area contributed by atoms with Crippen LogP contribution < -0.4 is 26.2 Å². The van der Waals surface area contributed by atoms with Crippen LogP contribution in [0.1, 0.15) is 36.8 Å². The lowest BCUT2D eigenvalue weighted by molar-refractivity contribution is -0.146. The first-order valence-corrected chi connectivity index (χ1v) is 12.0. The molecule has 0 spiro atoms. The van der Waals surface area contributed by atoms with Crippen molar-refractivity contribution in [2.45, 2.75) is 26.0 Å². The summed E-state index contributed by atoms with van der Waals surface area (Å²) in [6.07, 6.45) is 2.27. The van der Waals surface area contributed by atoms with Gasteiger partial charge in [-0.2, -0.15) is 0 Å². The Kier molecular flexibility index (Phi) is 8.37. The molecule has 0 radical (unpaired) electrons. The minimum atomic E-state index is -1.07. The van der Waals surface area contributed by atoms with Crippen LogP contribution >= 0.6 is 0 Å². The number of nitrogens with one attached hydrogen (secondary N) is 3. The number of carbonyl (C=O) groups is 1. The highest BCUT2D eigenvalue weighted by Crippen LogP contribution is 2.35. The molecule has 13 nitrogen and oxygen atoms in total. The number of aromatic amines is 1. The van der Waals surface area contributed by atoms with Crippen molar-refractivity contribution in [1.82, 2.24) is 24.7 Å². The smallest absolute Gasteiger partial charge is 0.350 e. The fourth-order valence-electron chi connectivity index (χ4n) is 3.76. The van der Waals surface area contributed by atoms with Gasteiger partial charge in [0.05, 0.1) is 7.11 Å². The van der Waals surface area contributed by atoms with Crippen molar-refractivity contribution in [3.63, 3.8) is 0 Å². The number of aromatic nitrogens is 5. The monoisotopic (exact) mass is 550 g/mol. The van der Waals surface area contributed by atoms with Crippen molar-refractivity contribution < 1.29 is 23.4 Å². The molecule has 2 aromatic carbocycles. The van der Waals surface area contributed by atoms with Crippen LogP contribution in [0.5, 0.6) is 11.5 Å². The minimum Gasteiger partial charge on any atom is -0.497 e. The van der Waals surface area contributed by atoms with E-state index in [0.717, 1.165) is 4.68 Å². The molecule has 0 fully saturated rings. The third-order valence-corrected chi connectivity index (χ3v) is 5.59. The van der Waals surface area contributed by atoms with Gasteiger partial charge < -0.3 is 25.3 Å². The van der Waals surface area contributed by atoms with Crippen LogP contribution in [0, 0.1) is 11.2 Å². The van der Waals surface area contributed by atoms with Crippen LogP contribution in [0.2, 0.25) is 0 Å². The summed E-state index contributed by atoms with van der Waals surface area (Å²) in [4.78, 5) is 34.8. The number of esters is 1. The molecule has 5 N–H and O–H groups in total. The van der Waals surface area contributed by atoms with Crippen molar-refractivity contribution in [2.24, 2.45) is 5.73 Å². The highest BCUT2D eigenvalue weighted by molar-refractivity contribution is 5.95. The lowest BCUT2D eigenvalue weighted by Gasteiger charge is -2.21. The normalized spacial score (nSPS) is 12.3. The zero-order chi connectivity index (χ0) is 28.8. The van der Waals surface area contributed by atoms with Crippen molar-refractivity contribution >= 4 is 17.5 Å². The van der Waals surface area contributed by atoms with Gasteiger partial charge in [0.15, 0.2) is 17.4 Å². The molecule has 40 heavy (non-hydrogen) atoms. The van der Waals surface area contributed by atoms with Gasteiger partial charge >= 0.3 is 11.7 Å². The van der Waals surface area contributed by atoms with E-state index in [2.05, 4.69) is 25.4 Å². The maximum absolute atomic E-state index is 16.0. The topological polar surface area (TPSA) is 183 Å². The molecule has 0 saturated heterocycles. The molecular weight excluding hydrogens is 523 g/mol. The number of carbonyl (C=O) groups excluding carboxylic acids is 1. The Hall–Kier alpha value is -5.27. The van der Waals surface area contributed by atoms with E-state index in [9.17, 15) is 9.59 Å². The average molecular weight is 551 g/mol. The highest BCUT2D eigenvalue weighted by atomic mass is 19.1. The number of ether oxygens (including phenoxy) is 3. The molecule has 0 aliphatic rings. The third-order valence-electron chi connectivity index (χ3n) is 5.59. The Morgan fingerprint density at radius 2 is 1.93 bits per heavy atom. The molecule has 14 heteroatoms. The van der Waals surface area contributed by atoms with Crippen molar-refractivity contribution in [2.75, 3.05) is 19.0 Å². The van der Waals surface area contributed by atoms with E-state index < -0.39 is 29.6 Å². The number of hydrogen-bond acceptors (Lipinski definition) is 10. The molecule has 2 atom stereocenters. The maximum Gasteiger partial charge on any atom is 0.350 e. The van der Waals surface area contributed by atoms with E-state index >= 15 is 4.39 Å². The minimum absolute atomic E-state index is 0.0224. The van der Waals surface area contributed by atoms with Gasteiger partial charge in [0.25, 0.3) is 5.95 Å². The van der Waals surface area contributed by atoms with Crippen molar-refractivity contribution in [1.29, 1.82) is 5.41 Å². The van der Waals surface area contributed by atoms with Gasteiger partial charge in [-0.15, -0.1) is 9.78 Å². The van der Waals surface area contributed by atoms with E-state index in [0.29, 0.717) is 11.3 Å². The molecule has 0 saturated carbocycles. The van der Waals surface area contributed by atoms with E-state index in [-0.39, 0.29) is 41.3 Å². The van der Waals surface area contributed by atoms with Crippen LogP contribution in [0.4, 0.5) is 10.1 Å². The Morgan fingerprint density at radius 3 is 2.55 bits per heavy atom. The summed E-state index contributed by atoms with van der Waals surface area (Å²) in [5.74, 6) is -1.21. The second kappa shape index (κ2) is 12.1. The highest BCUT2D eigenvalue weighted by Gasteiger charge is 2.27. The van der Waals surface area contributed by atoms with Crippen LogP contribution in [-0.2, 0) is 9.53 Å². The second-order valence-electron chi connectivity index (χ2n) is 8.60. The largest absolute Gasteiger partial charge is 0.497 e. The maximum atomic E-state index is 16.0. The number of rotatable bonds is 11. The summed E-state index contributed by atoms with van der Waals surface area (Å²) in [6, 6.07) is 9.86. The van der Waals surface area contributed by atoms with Crippen LogP contribution in [-0.4, -0.2) is 56.4 Å². The number of anilines is 1. The Morgan fingerprint density at radius 1 is 1.23 bits per heavy atom. The summed E-state index contributed by atoms with van der Waals surface area (Å²) in [5.41, 5.74) is 5.95. The summed E-state index contributed by atoms with van der Waals surface area (Å²) in [5, 5.41) is 15.1. The molecule has 0 aliphatic heterocycles. The van der Waals surface area contributed by atoms with Gasteiger partial charge in [0.1, 0.15) is 30.3 Å². The summed E-state index contributed by atoms with van der Waals surface area (Å²) in [6.45, 7) is 2.75. The van der Waals surface area contributed by atoms with Crippen LogP contribution in [0.25, 0.3) is 5.95 Å². The average Bonchev–Trinajstić information content (AvgIpc) is 3.32. The number of nitrogens with two attached hydrogens (primary N) is 1. The zero-order valence-corrected chi connectivity index (χ0v) is 21.8. The number of halogens is 1. The summed E-state index contributed by atoms with van der Waals surface area (Å²) >= 11 is 0. The molecule has 0 amide bonds. The summed E-state index contributed by atoms with van der Waals surface area (Å²) < 4.78 is 33.1. The fourth-order valence-corrected chi connectivity index (χ4v) is 3.76. The molecule has 0 aliphatic carbocycles. The summed E-state index contributed by atoms with van der Waals surface area (Å²) in [7, 11) is 1.41. The molecule has 208 valence electrons. The lowest BCUT2D eigenvalue weighted by atomic mass is 10.0. The molecule has 0 unspecified atom stereocenters. The lowest BCUT2D eigenvalue weighted by Crippen LogP contribution is -2.21. The van der Waals surface area contributed by atoms with E-state index in [1.807, 2.05) is 0 Å². The molecule has 2 heterocycles. The predicted molar refractivity (Wildman–Crippen MR) is 142 cm³/mol. The zero-order valence-electron chi connectivity index (χ0n) is 21.8. The quantitative estimate of drug-likeness (QED) is 0.123. The van der Waals surface area contributed by atoms with Crippen LogP contribution in [0.3, 0.4) is 0 Å².